The number of carbonyl (C=O) groups excluding carboxylic acids is 1. The molecule has 1 rings (SSSR count). The van der Waals surface area contributed by atoms with Crippen LogP contribution in [0.5, 0.6) is 0 Å². The van der Waals surface area contributed by atoms with Gasteiger partial charge in [0.2, 0.25) is 0 Å². The summed E-state index contributed by atoms with van der Waals surface area (Å²) in [7, 11) is 4.30. The zero-order valence-electron chi connectivity index (χ0n) is 12.6. The molecule has 0 N–H and O–H groups in total. The topological polar surface area (TPSA) is 23.6 Å². The highest BCUT2D eigenvalue weighted by molar-refractivity contribution is 5.59. The van der Waals surface area contributed by atoms with Crippen molar-refractivity contribution >= 4 is 6.29 Å². The summed E-state index contributed by atoms with van der Waals surface area (Å²) >= 11 is 0. The minimum atomic E-state index is -0.136. The monoisotopic (exact) mass is 254 g/mol. The Morgan fingerprint density at radius 3 is 2.39 bits per heavy atom. The Bertz CT molecular complexity index is 247. The fraction of sp³-hybridized carbons (Fsp3) is 0.933. The second-order valence-corrected chi connectivity index (χ2v) is 6.50. The van der Waals surface area contributed by atoms with Crippen LogP contribution in [-0.4, -0.2) is 56.4 Å². The standard InChI is InChI=1S/C15H30N2O/c1-5-8-15(2,13-18)12-17-9-6-14(7-10-17)11-16(3)4/h13-14H,5-12H2,1-4H3. The molecular weight excluding hydrogens is 224 g/mol. The summed E-state index contributed by atoms with van der Waals surface area (Å²) in [4.78, 5) is 16.0. The van der Waals surface area contributed by atoms with E-state index in [4.69, 9.17) is 0 Å². The zero-order valence-corrected chi connectivity index (χ0v) is 12.6. The molecule has 0 saturated carbocycles. The fourth-order valence-corrected chi connectivity index (χ4v) is 3.10. The van der Waals surface area contributed by atoms with Gasteiger partial charge in [-0.3, -0.25) is 0 Å². The Morgan fingerprint density at radius 2 is 1.94 bits per heavy atom. The molecule has 1 heterocycles. The highest BCUT2D eigenvalue weighted by Crippen LogP contribution is 2.25. The van der Waals surface area contributed by atoms with Crippen molar-refractivity contribution in [1.82, 2.24) is 9.80 Å². The molecule has 1 aliphatic heterocycles. The van der Waals surface area contributed by atoms with E-state index < -0.39 is 0 Å². The molecule has 1 fully saturated rings. The number of rotatable bonds is 7. The maximum absolute atomic E-state index is 11.3. The summed E-state index contributed by atoms with van der Waals surface area (Å²) in [6.45, 7) is 8.73. The van der Waals surface area contributed by atoms with Crippen LogP contribution in [0.25, 0.3) is 0 Å². The van der Waals surface area contributed by atoms with E-state index in [2.05, 4.69) is 37.7 Å². The first kappa shape index (κ1) is 15.6. The smallest absolute Gasteiger partial charge is 0.127 e. The molecule has 0 radical (unpaired) electrons. The second-order valence-electron chi connectivity index (χ2n) is 6.50. The van der Waals surface area contributed by atoms with Gasteiger partial charge >= 0.3 is 0 Å². The van der Waals surface area contributed by atoms with E-state index in [0.29, 0.717) is 0 Å². The number of hydrogen-bond acceptors (Lipinski definition) is 3. The third-order valence-corrected chi connectivity index (χ3v) is 4.02. The lowest BCUT2D eigenvalue weighted by Crippen LogP contribution is -2.43. The summed E-state index contributed by atoms with van der Waals surface area (Å²) in [6.07, 6.45) is 5.82. The van der Waals surface area contributed by atoms with Crippen LogP contribution in [-0.2, 0) is 4.79 Å². The van der Waals surface area contributed by atoms with Crippen molar-refractivity contribution in [2.75, 3.05) is 40.3 Å². The SMILES string of the molecule is CCCC(C)(C=O)CN1CCC(CN(C)C)CC1. The molecule has 18 heavy (non-hydrogen) atoms. The summed E-state index contributed by atoms with van der Waals surface area (Å²) in [5.74, 6) is 0.838. The molecule has 1 aliphatic rings. The van der Waals surface area contributed by atoms with Crippen molar-refractivity contribution in [3.05, 3.63) is 0 Å². The van der Waals surface area contributed by atoms with Gasteiger partial charge in [0.25, 0.3) is 0 Å². The molecule has 1 saturated heterocycles. The van der Waals surface area contributed by atoms with Crippen LogP contribution in [0, 0.1) is 11.3 Å². The Hall–Kier alpha value is -0.410. The molecule has 0 aromatic carbocycles. The number of likely N-dealkylation sites (tertiary alicyclic amines) is 1. The van der Waals surface area contributed by atoms with Gasteiger partial charge in [-0.2, -0.15) is 0 Å². The largest absolute Gasteiger partial charge is 0.309 e. The van der Waals surface area contributed by atoms with E-state index in [0.717, 1.165) is 38.4 Å². The molecule has 106 valence electrons. The van der Waals surface area contributed by atoms with Gasteiger partial charge in [0.15, 0.2) is 0 Å². The molecule has 0 aliphatic carbocycles. The Kier molecular flexibility index (Phi) is 6.30. The quantitative estimate of drug-likeness (QED) is 0.651. The van der Waals surface area contributed by atoms with Gasteiger partial charge in [-0.05, 0) is 52.4 Å². The maximum atomic E-state index is 11.3. The van der Waals surface area contributed by atoms with Crippen molar-refractivity contribution in [3.63, 3.8) is 0 Å². The fourth-order valence-electron chi connectivity index (χ4n) is 3.10. The lowest BCUT2D eigenvalue weighted by atomic mass is 9.85. The van der Waals surface area contributed by atoms with Gasteiger partial charge in [0.05, 0.1) is 0 Å². The van der Waals surface area contributed by atoms with E-state index in [-0.39, 0.29) is 5.41 Å². The van der Waals surface area contributed by atoms with Crippen molar-refractivity contribution < 1.29 is 4.79 Å². The van der Waals surface area contributed by atoms with E-state index >= 15 is 0 Å². The Balaban J connectivity index is 2.36. The minimum Gasteiger partial charge on any atom is -0.309 e. The summed E-state index contributed by atoms with van der Waals surface area (Å²) < 4.78 is 0. The molecule has 0 amide bonds. The third-order valence-electron chi connectivity index (χ3n) is 4.02. The van der Waals surface area contributed by atoms with Gasteiger partial charge in [-0.1, -0.05) is 20.3 Å². The average molecular weight is 254 g/mol. The first-order valence-corrected chi connectivity index (χ1v) is 7.32. The lowest BCUT2D eigenvalue weighted by Gasteiger charge is -2.37. The van der Waals surface area contributed by atoms with E-state index in [1.54, 1.807) is 0 Å². The molecular formula is C15H30N2O. The first-order valence-electron chi connectivity index (χ1n) is 7.32. The average Bonchev–Trinajstić information content (AvgIpc) is 2.31. The summed E-state index contributed by atoms with van der Waals surface area (Å²) in [5, 5.41) is 0. The third kappa shape index (κ3) is 5.07. The lowest BCUT2D eigenvalue weighted by molar-refractivity contribution is -0.117. The maximum Gasteiger partial charge on any atom is 0.127 e. The number of nitrogens with zero attached hydrogens (tertiary/aromatic N) is 2. The van der Waals surface area contributed by atoms with Crippen LogP contribution >= 0.6 is 0 Å². The number of piperidine rings is 1. The van der Waals surface area contributed by atoms with Crippen LogP contribution < -0.4 is 0 Å². The predicted octanol–water partition coefficient (Wildman–Crippen LogP) is 2.27. The molecule has 3 nitrogen and oxygen atoms in total. The normalized spacial score (nSPS) is 22.1. The van der Waals surface area contributed by atoms with E-state index in [1.807, 2.05) is 0 Å². The van der Waals surface area contributed by atoms with Crippen molar-refractivity contribution in [3.8, 4) is 0 Å². The Morgan fingerprint density at radius 1 is 1.33 bits per heavy atom. The highest BCUT2D eigenvalue weighted by atomic mass is 16.1. The van der Waals surface area contributed by atoms with E-state index in [9.17, 15) is 4.79 Å². The van der Waals surface area contributed by atoms with Crippen LogP contribution in [0.4, 0.5) is 0 Å². The van der Waals surface area contributed by atoms with Crippen LogP contribution in [0.2, 0.25) is 0 Å². The van der Waals surface area contributed by atoms with Crippen LogP contribution in [0.15, 0.2) is 0 Å². The first-order chi connectivity index (χ1) is 8.49. The Labute approximate surface area is 113 Å². The molecule has 0 aromatic rings. The zero-order chi connectivity index (χ0) is 13.6. The number of aldehydes is 1. The van der Waals surface area contributed by atoms with Gasteiger partial charge in [-0.25, -0.2) is 0 Å². The molecule has 1 unspecified atom stereocenters. The predicted molar refractivity (Wildman–Crippen MR) is 76.8 cm³/mol. The summed E-state index contributed by atoms with van der Waals surface area (Å²) in [6, 6.07) is 0. The molecule has 0 aromatic heterocycles. The van der Waals surface area contributed by atoms with Crippen molar-refractivity contribution in [2.45, 2.75) is 39.5 Å². The van der Waals surface area contributed by atoms with Gasteiger partial charge in [0, 0.05) is 18.5 Å². The molecule has 3 heteroatoms. The highest BCUT2D eigenvalue weighted by Gasteiger charge is 2.28. The van der Waals surface area contributed by atoms with Crippen LogP contribution in [0.3, 0.4) is 0 Å². The van der Waals surface area contributed by atoms with Gasteiger partial charge in [-0.15, -0.1) is 0 Å². The molecule has 1 atom stereocenters. The molecule has 0 bridgehead atoms. The van der Waals surface area contributed by atoms with Gasteiger partial charge < -0.3 is 14.6 Å². The van der Waals surface area contributed by atoms with E-state index in [1.165, 1.54) is 25.7 Å². The minimum absolute atomic E-state index is 0.136. The van der Waals surface area contributed by atoms with Crippen molar-refractivity contribution in [2.24, 2.45) is 11.3 Å². The van der Waals surface area contributed by atoms with Crippen molar-refractivity contribution in [1.29, 1.82) is 0 Å². The van der Waals surface area contributed by atoms with Crippen LogP contribution in [0.1, 0.15) is 39.5 Å². The number of carbonyl (C=O) groups is 1. The summed E-state index contributed by atoms with van der Waals surface area (Å²) in [5.41, 5.74) is -0.136. The van der Waals surface area contributed by atoms with Gasteiger partial charge in [0.1, 0.15) is 6.29 Å². The second kappa shape index (κ2) is 7.25. The number of hydrogen-bond donors (Lipinski definition) is 0. The molecule has 0 spiro atoms.